The van der Waals surface area contributed by atoms with Gasteiger partial charge in [0.2, 0.25) is 0 Å². The molecule has 1 aromatic carbocycles. The Morgan fingerprint density at radius 1 is 1.15 bits per heavy atom. The lowest BCUT2D eigenvalue weighted by Gasteiger charge is -2.15. The third-order valence-corrected chi connectivity index (χ3v) is 2.64. The van der Waals surface area contributed by atoms with E-state index < -0.39 is 0 Å². The molecule has 69 valence electrons. The van der Waals surface area contributed by atoms with Crippen molar-refractivity contribution in [1.29, 1.82) is 0 Å². The summed E-state index contributed by atoms with van der Waals surface area (Å²) in [4.78, 5) is 0. The van der Waals surface area contributed by atoms with E-state index in [-0.39, 0.29) is 0 Å². The van der Waals surface area contributed by atoms with Crippen LogP contribution in [0.2, 0.25) is 0 Å². The van der Waals surface area contributed by atoms with Gasteiger partial charge in [-0.25, -0.2) is 0 Å². The maximum atomic E-state index is 3.81. The minimum absolute atomic E-state index is 1.26. The molecule has 0 aliphatic carbocycles. The molecular weight excluding hydrogens is 156 g/mol. The van der Waals surface area contributed by atoms with Crippen LogP contribution < -0.4 is 0 Å². The van der Waals surface area contributed by atoms with E-state index in [9.17, 15) is 0 Å². The van der Waals surface area contributed by atoms with Crippen molar-refractivity contribution in [2.45, 2.75) is 27.7 Å². The molecule has 13 heavy (non-hydrogen) atoms. The maximum absolute atomic E-state index is 3.81. The molecule has 1 radical (unpaired) electrons. The van der Waals surface area contributed by atoms with Crippen LogP contribution in [0.5, 0.6) is 0 Å². The summed E-state index contributed by atoms with van der Waals surface area (Å²) in [6.07, 6.45) is 1.93. The van der Waals surface area contributed by atoms with Crippen LogP contribution in [-0.4, -0.2) is 0 Å². The maximum Gasteiger partial charge on any atom is 0.0235 e. The fourth-order valence-electron chi connectivity index (χ4n) is 1.66. The van der Waals surface area contributed by atoms with Crippen molar-refractivity contribution < 1.29 is 0 Å². The van der Waals surface area contributed by atoms with Gasteiger partial charge in [0.15, 0.2) is 0 Å². The topological polar surface area (TPSA) is 0 Å². The van der Waals surface area contributed by atoms with Crippen molar-refractivity contribution in [2.75, 3.05) is 0 Å². The van der Waals surface area contributed by atoms with Crippen molar-refractivity contribution in [1.82, 2.24) is 0 Å². The first-order valence-corrected chi connectivity index (χ1v) is 4.61. The fourth-order valence-corrected chi connectivity index (χ4v) is 1.66. The average Bonchev–Trinajstić information content (AvgIpc) is 2.12. The number of aryl methyl sites for hydroxylation is 2. The first kappa shape index (κ1) is 10.0. The lowest BCUT2D eigenvalue weighted by Crippen LogP contribution is -1.99. The molecule has 0 fully saturated rings. The Labute approximate surface area is 81.3 Å². The summed E-state index contributed by atoms with van der Waals surface area (Å²) < 4.78 is 0. The largest absolute Gasteiger partial charge is 0.102 e. The van der Waals surface area contributed by atoms with Crippen molar-refractivity contribution in [3.8, 4) is 0 Å². The molecule has 0 aromatic heterocycles. The zero-order valence-corrected chi connectivity index (χ0v) is 8.94. The molecule has 0 heteroatoms. The van der Waals surface area contributed by atoms with Crippen molar-refractivity contribution in [3.63, 3.8) is 0 Å². The molecule has 0 aliphatic rings. The number of benzene rings is 1. The lowest BCUT2D eigenvalue weighted by atomic mass is 9.90. The van der Waals surface area contributed by atoms with E-state index in [2.05, 4.69) is 46.4 Å². The highest BCUT2D eigenvalue weighted by Gasteiger charge is 2.09. The standard InChI is InChI=1S/C13H17/c1-6-9(2)13-11(4)8-7-10(3)12(13)5/h6-8H,1H2,2-5H3. The van der Waals surface area contributed by atoms with E-state index in [1.165, 1.54) is 28.2 Å². The second-order valence-electron chi connectivity index (χ2n) is 3.59. The monoisotopic (exact) mass is 173 g/mol. The van der Waals surface area contributed by atoms with Crippen molar-refractivity contribution in [3.05, 3.63) is 53.0 Å². The number of allylic oxidation sites excluding steroid dienone is 1. The summed E-state index contributed by atoms with van der Waals surface area (Å²) >= 11 is 0. The van der Waals surface area contributed by atoms with Gasteiger partial charge >= 0.3 is 0 Å². The molecule has 0 spiro atoms. The van der Waals surface area contributed by atoms with Crippen molar-refractivity contribution in [2.24, 2.45) is 0 Å². The highest BCUT2D eigenvalue weighted by atomic mass is 14.1. The second-order valence-corrected chi connectivity index (χ2v) is 3.59. The number of rotatable bonds is 2. The van der Waals surface area contributed by atoms with Gasteiger partial charge in [-0.2, -0.15) is 0 Å². The van der Waals surface area contributed by atoms with E-state index >= 15 is 0 Å². The minimum atomic E-state index is 1.26. The van der Waals surface area contributed by atoms with Crippen LogP contribution in [0.4, 0.5) is 0 Å². The zero-order valence-electron chi connectivity index (χ0n) is 8.94. The van der Waals surface area contributed by atoms with Crippen LogP contribution >= 0.6 is 0 Å². The summed E-state index contributed by atoms with van der Waals surface area (Å²) in [7, 11) is 0. The number of hydrogen-bond acceptors (Lipinski definition) is 0. The van der Waals surface area contributed by atoms with Crippen LogP contribution in [0, 0.1) is 26.7 Å². The molecule has 0 unspecified atom stereocenters. The molecule has 0 atom stereocenters. The summed E-state index contributed by atoms with van der Waals surface area (Å²) in [5.41, 5.74) is 5.41. The van der Waals surface area contributed by atoms with Gasteiger partial charge in [0.1, 0.15) is 0 Å². The van der Waals surface area contributed by atoms with E-state index in [0.29, 0.717) is 0 Å². The first-order chi connectivity index (χ1) is 6.07. The highest BCUT2D eigenvalue weighted by molar-refractivity contribution is 5.49. The molecule has 0 N–H and O–H groups in total. The summed E-state index contributed by atoms with van der Waals surface area (Å²) in [6, 6.07) is 4.34. The Balaban J connectivity index is 3.32. The molecule has 0 aliphatic heterocycles. The van der Waals surface area contributed by atoms with Crippen LogP contribution in [0.1, 0.15) is 29.2 Å². The van der Waals surface area contributed by atoms with Crippen LogP contribution in [0.25, 0.3) is 0 Å². The highest BCUT2D eigenvalue weighted by Crippen LogP contribution is 2.25. The van der Waals surface area contributed by atoms with Gasteiger partial charge in [-0.3, -0.25) is 0 Å². The fraction of sp³-hybridized carbons (Fsp3) is 0.308. The average molecular weight is 173 g/mol. The number of hydrogen-bond donors (Lipinski definition) is 0. The Morgan fingerprint density at radius 2 is 1.69 bits per heavy atom. The molecule has 0 bridgehead atoms. The van der Waals surface area contributed by atoms with Crippen LogP contribution in [-0.2, 0) is 0 Å². The van der Waals surface area contributed by atoms with Gasteiger partial charge in [-0.05, 0) is 43.0 Å². The van der Waals surface area contributed by atoms with Gasteiger partial charge < -0.3 is 0 Å². The summed E-state index contributed by atoms with van der Waals surface area (Å²) in [5.74, 6) is 1.26. The molecular formula is C13H17. The molecule has 0 amide bonds. The molecule has 1 rings (SSSR count). The quantitative estimate of drug-likeness (QED) is 0.639. The van der Waals surface area contributed by atoms with Gasteiger partial charge in [-0.15, -0.1) is 6.58 Å². The Morgan fingerprint density at radius 3 is 2.23 bits per heavy atom. The van der Waals surface area contributed by atoms with E-state index in [1.54, 1.807) is 0 Å². The predicted octanol–water partition coefficient (Wildman–Crippen LogP) is 3.74. The zero-order chi connectivity index (χ0) is 10.0. The van der Waals surface area contributed by atoms with E-state index in [4.69, 9.17) is 0 Å². The Kier molecular flexibility index (Phi) is 2.92. The third-order valence-electron chi connectivity index (χ3n) is 2.64. The smallest absolute Gasteiger partial charge is 0.0235 e. The van der Waals surface area contributed by atoms with Gasteiger partial charge in [0, 0.05) is 5.92 Å². The SMILES string of the molecule is C=C[C](C)c1c(C)ccc(C)c1C. The normalized spacial score (nSPS) is 10.5. The van der Waals surface area contributed by atoms with Crippen LogP contribution in [0.15, 0.2) is 24.8 Å². The minimum Gasteiger partial charge on any atom is -0.102 e. The lowest BCUT2D eigenvalue weighted by molar-refractivity contribution is 1.15. The third kappa shape index (κ3) is 1.82. The molecule has 1 aromatic rings. The summed E-state index contributed by atoms with van der Waals surface area (Å²) in [5, 5.41) is 0. The first-order valence-electron chi connectivity index (χ1n) is 4.61. The van der Waals surface area contributed by atoms with Crippen molar-refractivity contribution >= 4 is 0 Å². The van der Waals surface area contributed by atoms with E-state index in [1.807, 2.05) is 6.08 Å². The van der Waals surface area contributed by atoms with Gasteiger partial charge in [-0.1, -0.05) is 25.1 Å². The van der Waals surface area contributed by atoms with E-state index in [0.717, 1.165) is 0 Å². The van der Waals surface area contributed by atoms with Gasteiger partial charge in [0.25, 0.3) is 0 Å². The molecule has 0 saturated carbocycles. The Hall–Kier alpha value is -1.04. The van der Waals surface area contributed by atoms with Crippen LogP contribution in [0.3, 0.4) is 0 Å². The van der Waals surface area contributed by atoms with Gasteiger partial charge in [0.05, 0.1) is 0 Å². The summed E-state index contributed by atoms with van der Waals surface area (Å²) in [6.45, 7) is 12.4. The molecule has 0 heterocycles. The predicted molar refractivity (Wildman–Crippen MR) is 58.9 cm³/mol. The molecule has 0 saturated heterocycles. The Bertz CT molecular complexity index is 321. The second kappa shape index (κ2) is 3.78. The molecule has 0 nitrogen and oxygen atoms in total.